The van der Waals surface area contributed by atoms with Gasteiger partial charge in [-0.15, -0.1) is 0 Å². The van der Waals surface area contributed by atoms with Crippen LogP contribution in [0.5, 0.6) is 0 Å². The molecule has 0 bridgehead atoms. The first-order chi connectivity index (χ1) is 9.00. The van der Waals surface area contributed by atoms with Gasteiger partial charge in [0.1, 0.15) is 6.04 Å². The van der Waals surface area contributed by atoms with Crippen LogP contribution in [0, 0.1) is 13.8 Å². The number of halogens is 1. The van der Waals surface area contributed by atoms with Crippen LogP contribution in [0.15, 0.2) is 4.47 Å². The first-order valence-electron chi connectivity index (χ1n) is 7.02. The molecule has 106 valence electrons. The molecule has 5 heteroatoms. The Morgan fingerprint density at radius 1 is 1.37 bits per heavy atom. The second kappa shape index (κ2) is 6.07. The zero-order chi connectivity index (χ0) is 14.0. The summed E-state index contributed by atoms with van der Waals surface area (Å²) in [6.07, 6.45) is 5.97. The topological polar surface area (TPSA) is 46.9 Å². The van der Waals surface area contributed by atoms with E-state index in [1.54, 1.807) is 4.68 Å². The number of nitrogens with one attached hydrogen (secondary N) is 1. The molecule has 1 atom stereocenters. The quantitative estimate of drug-likeness (QED) is 0.926. The van der Waals surface area contributed by atoms with E-state index in [0.29, 0.717) is 6.04 Å². The van der Waals surface area contributed by atoms with Crippen LogP contribution in [0.3, 0.4) is 0 Å². The molecular formula is C14H22BrN3O. The lowest BCUT2D eigenvalue weighted by molar-refractivity contribution is -0.125. The molecule has 2 rings (SSSR count). The molecule has 1 aromatic rings. The van der Waals surface area contributed by atoms with Crippen molar-refractivity contribution in [2.24, 2.45) is 0 Å². The third kappa shape index (κ3) is 3.19. The number of nitrogens with zero attached hydrogens (tertiary/aromatic N) is 2. The van der Waals surface area contributed by atoms with Crippen molar-refractivity contribution in [3.8, 4) is 0 Å². The van der Waals surface area contributed by atoms with Gasteiger partial charge in [0.05, 0.1) is 15.9 Å². The molecule has 1 saturated carbocycles. The van der Waals surface area contributed by atoms with Crippen LogP contribution in [-0.4, -0.2) is 21.7 Å². The monoisotopic (exact) mass is 327 g/mol. The van der Waals surface area contributed by atoms with Gasteiger partial charge < -0.3 is 5.32 Å². The molecule has 1 heterocycles. The number of aromatic nitrogens is 2. The van der Waals surface area contributed by atoms with Crippen LogP contribution in [0.1, 0.15) is 56.5 Å². The van der Waals surface area contributed by atoms with E-state index in [-0.39, 0.29) is 11.9 Å². The molecule has 1 aliphatic carbocycles. The van der Waals surface area contributed by atoms with Gasteiger partial charge in [-0.05, 0) is 49.5 Å². The normalized spacial score (nSPS) is 18.3. The van der Waals surface area contributed by atoms with Crippen LogP contribution in [0.25, 0.3) is 0 Å². The minimum Gasteiger partial charge on any atom is -0.352 e. The van der Waals surface area contributed by atoms with Gasteiger partial charge in [0, 0.05) is 6.04 Å². The summed E-state index contributed by atoms with van der Waals surface area (Å²) in [5.41, 5.74) is 1.93. The Kier molecular flexibility index (Phi) is 4.66. The van der Waals surface area contributed by atoms with Crippen LogP contribution in [0.4, 0.5) is 0 Å². The Balaban J connectivity index is 2.03. The first kappa shape index (κ1) is 14.6. The molecule has 19 heavy (non-hydrogen) atoms. The Morgan fingerprint density at radius 2 is 2.00 bits per heavy atom. The average molecular weight is 328 g/mol. The van der Waals surface area contributed by atoms with E-state index in [9.17, 15) is 4.79 Å². The zero-order valence-corrected chi connectivity index (χ0v) is 13.5. The summed E-state index contributed by atoms with van der Waals surface area (Å²) in [6, 6.07) is 0.0935. The highest BCUT2D eigenvalue weighted by Gasteiger charge is 2.23. The lowest BCUT2D eigenvalue weighted by Gasteiger charge is -2.24. The first-order valence-corrected chi connectivity index (χ1v) is 7.81. The predicted octanol–water partition coefficient (Wildman–Crippen LogP) is 3.27. The van der Waals surface area contributed by atoms with Crippen LogP contribution in [0.2, 0.25) is 0 Å². The van der Waals surface area contributed by atoms with Gasteiger partial charge in [0.2, 0.25) is 5.91 Å². The van der Waals surface area contributed by atoms with E-state index >= 15 is 0 Å². The molecule has 1 amide bonds. The van der Waals surface area contributed by atoms with Crippen LogP contribution < -0.4 is 5.32 Å². The second-order valence-corrected chi connectivity index (χ2v) is 6.24. The fourth-order valence-corrected chi connectivity index (χ4v) is 2.96. The Hall–Kier alpha value is -0.840. The molecule has 1 fully saturated rings. The highest BCUT2D eigenvalue weighted by atomic mass is 79.9. The maximum atomic E-state index is 12.3. The molecule has 4 nitrogen and oxygen atoms in total. The molecular weight excluding hydrogens is 306 g/mol. The number of hydrogen-bond acceptors (Lipinski definition) is 2. The van der Waals surface area contributed by atoms with Gasteiger partial charge >= 0.3 is 0 Å². The largest absolute Gasteiger partial charge is 0.352 e. The van der Waals surface area contributed by atoms with E-state index in [0.717, 1.165) is 28.7 Å². The summed E-state index contributed by atoms with van der Waals surface area (Å²) in [5.74, 6) is 0.0741. The van der Waals surface area contributed by atoms with Gasteiger partial charge in [-0.25, -0.2) is 0 Å². The molecule has 1 N–H and O–H groups in total. The van der Waals surface area contributed by atoms with E-state index in [2.05, 4.69) is 26.3 Å². The summed E-state index contributed by atoms with van der Waals surface area (Å²) in [6.45, 7) is 5.83. The van der Waals surface area contributed by atoms with Crippen LogP contribution >= 0.6 is 15.9 Å². The van der Waals surface area contributed by atoms with Crippen molar-refractivity contribution < 1.29 is 4.79 Å². The zero-order valence-electron chi connectivity index (χ0n) is 11.9. The summed E-state index contributed by atoms with van der Waals surface area (Å²) in [7, 11) is 0. The average Bonchev–Trinajstić information content (AvgIpc) is 2.67. The lowest BCUT2D eigenvalue weighted by atomic mass is 9.95. The van der Waals surface area contributed by atoms with E-state index in [1.165, 1.54) is 19.3 Å². The van der Waals surface area contributed by atoms with E-state index < -0.39 is 0 Å². The minimum atomic E-state index is -0.257. The fourth-order valence-electron chi connectivity index (χ4n) is 2.70. The molecule has 1 aromatic heterocycles. The van der Waals surface area contributed by atoms with Gasteiger partial charge in [-0.3, -0.25) is 9.48 Å². The third-order valence-corrected chi connectivity index (χ3v) is 5.08. The molecule has 0 aliphatic heterocycles. The number of amides is 1. The molecule has 1 unspecified atom stereocenters. The summed E-state index contributed by atoms with van der Waals surface area (Å²) in [5, 5.41) is 7.59. The second-order valence-electron chi connectivity index (χ2n) is 5.45. The minimum absolute atomic E-state index is 0.0741. The standard InChI is InChI=1S/C14H22BrN3O/c1-9-13(15)10(2)18(17-9)11(3)14(19)16-12-7-5-4-6-8-12/h11-12H,4-8H2,1-3H3,(H,16,19). The maximum Gasteiger partial charge on any atom is 0.244 e. The summed E-state index contributed by atoms with van der Waals surface area (Å²) < 4.78 is 2.79. The van der Waals surface area contributed by atoms with Crippen molar-refractivity contribution >= 4 is 21.8 Å². The van der Waals surface area contributed by atoms with Crippen molar-refractivity contribution in [1.82, 2.24) is 15.1 Å². The molecule has 0 spiro atoms. The highest BCUT2D eigenvalue weighted by Crippen LogP contribution is 2.23. The van der Waals surface area contributed by atoms with Crippen molar-refractivity contribution in [2.45, 2.75) is 65.0 Å². The Labute approximate surface area is 123 Å². The molecule has 0 aromatic carbocycles. The smallest absolute Gasteiger partial charge is 0.244 e. The van der Waals surface area contributed by atoms with Crippen molar-refractivity contribution in [2.75, 3.05) is 0 Å². The highest BCUT2D eigenvalue weighted by molar-refractivity contribution is 9.10. The number of carbonyl (C=O) groups excluding carboxylic acids is 1. The molecule has 0 saturated heterocycles. The predicted molar refractivity (Wildman–Crippen MR) is 79.1 cm³/mol. The molecule has 0 radical (unpaired) electrons. The van der Waals surface area contributed by atoms with E-state index in [4.69, 9.17) is 0 Å². The Bertz CT molecular complexity index is 464. The van der Waals surface area contributed by atoms with Gasteiger partial charge in [0.15, 0.2) is 0 Å². The van der Waals surface area contributed by atoms with Crippen LogP contribution in [-0.2, 0) is 4.79 Å². The Morgan fingerprint density at radius 3 is 2.53 bits per heavy atom. The van der Waals surface area contributed by atoms with Gasteiger partial charge in [0.25, 0.3) is 0 Å². The van der Waals surface area contributed by atoms with Crippen molar-refractivity contribution in [3.63, 3.8) is 0 Å². The maximum absolute atomic E-state index is 12.3. The number of aryl methyl sites for hydroxylation is 1. The number of carbonyl (C=O) groups is 1. The number of rotatable bonds is 3. The van der Waals surface area contributed by atoms with Gasteiger partial charge in [-0.1, -0.05) is 19.3 Å². The number of hydrogen-bond donors (Lipinski definition) is 1. The summed E-state index contributed by atoms with van der Waals surface area (Å²) >= 11 is 3.50. The SMILES string of the molecule is Cc1nn(C(C)C(=O)NC2CCCCC2)c(C)c1Br. The third-order valence-electron chi connectivity index (χ3n) is 3.93. The van der Waals surface area contributed by atoms with Gasteiger partial charge in [-0.2, -0.15) is 5.10 Å². The van der Waals surface area contributed by atoms with E-state index in [1.807, 2.05) is 20.8 Å². The summed E-state index contributed by atoms with van der Waals surface area (Å²) in [4.78, 5) is 12.3. The lowest BCUT2D eigenvalue weighted by Crippen LogP contribution is -2.40. The fraction of sp³-hybridized carbons (Fsp3) is 0.714. The van der Waals surface area contributed by atoms with Crippen molar-refractivity contribution in [1.29, 1.82) is 0 Å². The molecule has 1 aliphatic rings. The van der Waals surface area contributed by atoms with Crippen molar-refractivity contribution in [3.05, 3.63) is 15.9 Å².